The maximum Gasteiger partial charge on any atom is 0.0449 e. The molecule has 0 amide bonds. The highest BCUT2D eigenvalue weighted by Crippen LogP contribution is 2.31. The maximum atomic E-state index is 8.91. The van der Waals surface area contributed by atoms with Gasteiger partial charge in [-0.15, -0.1) is 0 Å². The van der Waals surface area contributed by atoms with E-state index < -0.39 is 0 Å². The molecule has 0 saturated heterocycles. The van der Waals surface area contributed by atoms with Crippen molar-refractivity contribution in [2.45, 2.75) is 12.5 Å². The van der Waals surface area contributed by atoms with Crippen molar-refractivity contribution < 1.29 is 5.11 Å². The van der Waals surface area contributed by atoms with Gasteiger partial charge >= 0.3 is 0 Å². The Balaban J connectivity index is 2.52. The third kappa shape index (κ3) is 2.12. The quantitative estimate of drug-likeness (QED) is 0.908. The van der Waals surface area contributed by atoms with Crippen molar-refractivity contribution in [1.29, 1.82) is 0 Å². The predicted octanol–water partition coefficient (Wildman–Crippen LogP) is 2.98. The Morgan fingerprint density at radius 2 is 1.94 bits per heavy atom. The molecule has 0 bridgehead atoms. The average molecular weight is 280 g/mol. The Labute approximate surface area is 103 Å². The second-order valence-electron chi connectivity index (χ2n) is 3.81. The first-order valence-corrected chi connectivity index (χ1v) is 6.07. The van der Waals surface area contributed by atoms with Gasteiger partial charge in [0.05, 0.1) is 0 Å². The van der Waals surface area contributed by atoms with E-state index >= 15 is 0 Å². The van der Waals surface area contributed by atoms with Gasteiger partial charge < -0.3 is 10.8 Å². The lowest BCUT2D eigenvalue weighted by Gasteiger charge is -2.14. The second-order valence-corrected chi connectivity index (χ2v) is 4.60. The van der Waals surface area contributed by atoms with E-state index in [2.05, 4.69) is 34.1 Å². The van der Waals surface area contributed by atoms with Crippen molar-refractivity contribution in [2.24, 2.45) is 5.73 Å². The first-order chi connectivity index (χ1) is 7.74. The molecule has 0 saturated carbocycles. The summed E-state index contributed by atoms with van der Waals surface area (Å²) < 4.78 is 1.03. The normalized spacial score (nSPS) is 12.9. The molecule has 0 heterocycles. The topological polar surface area (TPSA) is 46.2 Å². The molecule has 2 aromatic rings. The molecule has 0 radical (unpaired) electrons. The van der Waals surface area contributed by atoms with Gasteiger partial charge in [-0.05, 0) is 38.7 Å². The van der Waals surface area contributed by atoms with Gasteiger partial charge in [0.15, 0.2) is 0 Å². The Morgan fingerprint density at radius 3 is 2.69 bits per heavy atom. The summed E-state index contributed by atoms with van der Waals surface area (Å²) in [6.07, 6.45) is 0.580. The van der Waals surface area contributed by atoms with E-state index in [1.165, 1.54) is 5.39 Å². The zero-order chi connectivity index (χ0) is 11.5. The van der Waals surface area contributed by atoms with Crippen molar-refractivity contribution in [3.63, 3.8) is 0 Å². The fourth-order valence-corrected chi connectivity index (χ4v) is 2.62. The van der Waals surface area contributed by atoms with Crippen molar-refractivity contribution in [2.75, 3.05) is 6.61 Å². The summed E-state index contributed by atoms with van der Waals surface area (Å²) in [6, 6.07) is 12.1. The largest absolute Gasteiger partial charge is 0.396 e. The lowest BCUT2D eigenvalue weighted by Crippen LogP contribution is -2.12. The van der Waals surface area contributed by atoms with Crippen LogP contribution in [0.5, 0.6) is 0 Å². The fourth-order valence-electron chi connectivity index (χ4n) is 1.83. The monoisotopic (exact) mass is 279 g/mol. The van der Waals surface area contributed by atoms with Crippen LogP contribution in [0.1, 0.15) is 18.0 Å². The van der Waals surface area contributed by atoms with Crippen LogP contribution in [0.2, 0.25) is 0 Å². The average Bonchev–Trinajstić information content (AvgIpc) is 2.30. The highest BCUT2D eigenvalue weighted by molar-refractivity contribution is 9.10. The number of fused-ring (bicyclic) bond motifs is 1. The molecule has 0 spiro atoms. The van der Waals surface area contributed by atoms with Gasteiger partial charge in [0.25, 0.3) is 0 Å². The first-order valence-electron chi connectivity index (χ1n) is 5.27. The molecule has 1 unspecified atom stereocenters. The van der Waals surface area contributed by atoms with Crippen LogP contribution in [0.25, 0.3) is 10.8 Å². The third-order valence-electron chi connectivity index (χ3n) is 2.73. The SMILES string of the molecule is NC(CCO)c1ccc2ccccc2c1Br. The number of nitrogens with two attached hydrogens (primary N) is 1. The summed E-state index contributed by atoms with van der Waals surface area (Å²) in [5.74, 6) is 0. The first kappa shape index (κ1) is 11.6. The third-order valence-corrected chi connectivity index (χ3v) is 3.62. The minimum atomic E-state index is -0.121. The van der Waals surface area contributed by atoms with Gasteiger partial charge in [-0.3, -0.25) is 0 Å². The zero-order valence-corrected chi connectivity index (χ0v) is 10.4. The van der Waals surface area contributed by atoms with Gasteiger partial charge in [-0.25, -0.2) is 0 Å². The number of aliphatic hydroxyl groups excluding tert-OH is 1. The predicted molar refractivity (Wildman–Crippen MR) is 70.3 cm³/mol. The van der Waals surface area contributed by atoms with E-state index in [0.717, 1.165) is 15.4 Å². The van der Waals surface area contributed by atoms with Gasteiger partial charge in [0.1, 0.15) is 0 Å². The minimum Gasteiger partial charge on any atom is -0.396 e. The van der Waals surface area contributed by atoms with Crippen LogP contribution >= 0.6 is 15.9 Å². The molecule has 16 heavy (non-hydrogen) atoms. The molecule has 0 aliphatic carbocycles. The van der Waals surface area contributed by atoms with Crippen LogP contribution in [-0.4, -0.2) is 11.7 Å². The van der Waals surface area contributed by atoms with Crippen molar-refractivity contribution >= 4 is 26.7 Å². The Kier molecular flexibility index (Phi) is 3.59. The minimum absolute atomic E-state index is 0.112. The number of benzene rings is 2. The Morgan fingerprint density at radius 1 is 1.19 bits per heavy atom. The molecule has 84 valence electrons. The van der Waals surface area contributed by atoms with Crippen molar-refractivity contribution in [3.05, 3.63) is 46.4 Å². The van der Waals surface area contributed by atoms with Crippen LogP contribution in [0.3, 0.4) is 0 Å². The molecule has 1 atom stereocenters. The van der Waals surface area contributed by atoms with Crippen LogP contribution in [0.15, 0.2) is 40.9 Å². The number of hydrogen-bond acceptors (Lipinski definition) is 2. The molecule has 2 nitrogen and oxygen atoms in total. The van der Waals surface area contributed by atoms with Gasteiger partial charge in [-0.1, -0.05) is 36.4 Å². The zero-order valence-electron chi connectivity index (χ0n) is 8.86. The number of hydrogen-bond donors (Lipinski definition) is 2. The van der Waals surface area contributed by atoms with Crippen LogP contribution in [-0.2, 0) is 0 Å². The number of halogens is 1. The highest BCUT2D eigenvalue weighted by Gasteiger charge is 2.11. The molecule has 3 N–H and O–H groups in total. The summed E-state index contributed by atoms with van der Waals surface area (Å²) in [6.45, 7) is 0.112. The van der Waals surface area contributed by atoms with E-state index in [0.29, 0.717) is 6.42 Å². The molecule has 3 heteroatoms. The molecule has 0 fully saturated rings. The molecule has 2 rings (SSSR count). The second kappa shape index (κ2) is 4.95. The van der Waals surface area contributed by atoms with Crippen LogP contribution in [0.4, 0.5) is 0 Å². The number of aliphatic hydroxyl groups is 1. The van der Waals surface area contributed by atoms with E-state index in [4.69, 9.17) is 10.8 Å². The Hall–Kier alpha value is -0.900. The number of rotatable bonds is 3. The molecular weight excluding hydrogens is 266 g/mol. The van der Waals surface area contributed by atoms with Crippen molar-refractivity contribution in [3.8, 4) is 0 Å². The molecule has 0 aliphatic heterocycles. The maximum absolute atomic E-state index is 8.91. The lowest BCUT2D eigenvalue weighted by atomic mass is 10.0. The van der Waals surface area contributed by atoms with Crippen LogP contribution in [0, 0.1) is 0 Å². The molecule has 0 aromatic heterocycles. The highest BCUT2D eigenvalue weighted by atomic mass is 79.9. The summed E-state index contributed by atoms with van der Waals surface area (Å²) in [5.41, 5.74) is 7.06. The summed E-state index contributed by atoms with van der Waals surface area (Å²) in [5, 5.41) is 11.3. The van der Waals surface area contributed by atoms with E-state index in [-0.39, 0.29) is 12.6 Å². The lowest BCUT2D eigenvalue weighted by molar-refractivity contribution is 0.276. The van der Waals surface area contributed by atoms with Gasteiger partial charge in [0.2, 0.25) is 0 Å². The van der Waals surface area contributed by atoms with Crippen molar-refractivity contribution in [1.82, 2.24) is 0 Å². The van der Waals surface area contributed by atoms with E-state index in [1.807, 2.05) is 18.2 Å². The summed E-state index contributed by atoms with van der Waals surface area (Å²) in [4.78, 5) is 0. The van der Waals surface area contributed by atoms with E-state index in [1.54, 1.807) is 0 Å². The molecular formula is C13H14BrNO. The Bertz CT molecular complexity index is 498. The summed E-state index contributed by atoms with van der Waals surface area (Å²) >= 11 is 3.59. The summed E-state index contributed by atoms with van der Waals surface area (Å²) in [7, 11) is 0. The fraction of sp³-hybridized carbons (Fsp3) is 0.231. The van der Waals surface area contributed by atoms with Crippen LogP contribution < -0.4 is 5.73 Å². The standard InChI is InChI=1S/C13H14BrNO/c14-13-10-4-2-1-3-9(10)5-6-11(13)12(15)7-8-16/h1-6,12,16H,7-8,15H2. The van der Waals surface area contributed by atoms with Gasteiger partial charge in [-0.2, -0.15) is 0 Å². The molecule has 2 aromatic carbocycles. The van der Waals surface area contributed by atoms with Gasteiger partial charge in [0, 0.05) is 17.1 Å². The smallest absolute Gasteiger partial charge is 0.0449 e. The molecule has 0 aliphatic rings. The van der Waals surface area contributed by atoms with E-state index in [9.17, 15) is 0 Å².